The lowest BCUT2D eigenvalue weighted by molar-refractivity contribution is -0.116. The molecule has 27 heavy (non-hydrogen) atoms. The van der Waals surface area contributed by atoms with E-state index in [-0.39, 0.29) is 12.5 Å². The molecule has 0 bridgehead atoms. The lowest BCUT2D eigenvalue weighted by atomic mass is 10.2. The van der Waals surface area contributed by atoms with Crippen LogP contribution in [0.5, 0.6) is 0 Å². The first kappa shape index (κ1) is 17.6. The SMILES string of the molecule is O=C(Cn1c(=O)oc2cc(Cl)ccc21)Nc1ccc(N2CCOCC2)cc1. The van der Waals surface area contributed by atoms with Crippen LogP contribution in [0.2, 0.25) is 5.02 Å². The van der Waals surface area contributed by atoms with Crippen molar-refractivity contribution in [2.75, 3.05) is 36.5 Å². The Bertz CT molecular complexity index is 1020. The van der Waals surface area contributed by atoms with Gasteiger partial charge in [0.2, 0.25) is 5.91 Å². The highest BCUT2D eigenvalue weighted by molar-refractivity contribution is 6.31. The molecule has 8 heteroatoms. The second kappa shape index (κ2) is 7.46. The largest absolute Gasteiger partial charge is 0.420 e. The number of anilines is 2. The van der Waals surface area contributed by atoms with Crippen LogP contribution in [-0.4, -0.2) is 36.8 Å². The zero-order valence-electron chi connectivity index (χ0n) is 14.5. The van der Waals surface area contributed by atoms with Crippen LogP contribution in [0, 0.1) is 0 Å². The molecule has 0 aliphatic carbocycles. The molecule has 1 N–H and O–H groups in total. The van der Waals surface area contributed by atoms with E-state index in [4.69, 9.17) is 20.8 Å². The van der Waals surface area contributed by atoms with Crippen molar-refractivity contribution in [3.63, 3.8) is 0 Å². The maximum atomic E-state index is 12.4. The fourth-order valence-electron chi connectivity index (χ4n) is 3.11. The van der Waals surface area contributed by atoms with E-state index in [9.17, 15) is 9.59 Å². The number of amides is 1. The standard InChI is InChI=1S/C19H18ClN3O4/c20-13-1-6-16-17(11-13)27-19(25)23(16)12-18(24)21-14-2-4-15(5-3-14)22-7-9-26-10-8-22/h1-6,11H,7-10,12H2,(H,21,24). The van der Waals surface area contributed by atoms with E-state index in [0.29, 0.717) is 21.8 Å². The summed E-state index contributed by atoms with van der Waals surface area (Å²) < 4.78 is 11.8. The zero-order chi connectivity index (χ0) is 18.8. The molecule has 4 rings (SSSR count). The summed E-state index contributed by atoms with van der Waals surface area (Å²) >= 11 is 5.90. The summed E-state index contributed by atoms with van der Waals surface area (Å²) in [6.07, 6.45) is 0. The van der Waals surface area contributed by atoms with Crippen LogP contribution in [-0.2, 0) is 16.1 Å². The van der Waals surface area contributed by atoms with Gasteiger partial charge in [0.25, 0.3) is 0 Å². The van der Waals surface area contributed by atoms with Crippen LogP contribution in [0.1, 0.15) is 0 Å². The number of hydrogen-bond donors (Lipinski definition) is 1. The first-order valence-corrected chi connectivity index (χ1v) is 8.99. The van der Waals surface area contributed by atoms with Crippen molar-refractivity contribution in [2.45, 2.75) is 6.54 Å². The van der Waals surface area contributed by atoms with Gasteiger partial charge in [-0.05, 0) is 36.4 Å². The number of halogens is 1. The number of hydrogen-bond acceptors (Lipinski definition) is 5. The Morgan fingerprint density at radius 1 is 1.11 bits per heavy atom. The molecule has 0 spiro atoms. The number of rotatable bonds is 4. The van der Waals surface area contributed by atoms with E-state index in [1.54, 1.807) is 18.2 Å². The first-order valence-electron chi connectivity index (χ1n) is 8.62. The van der Waals surface area contributed by atoms with E-state index in [2.05, 4.69) is 10.2 Å². The van der Waals surface area contributed by atoms with Crippen LogP contribution in [0.4, 0.5) is 11.4 Å². The molecule has 0 atom stereocenters. The molecule has 0 saturated carbocycles. The van der Waals surface area contributed by atoms with Gasteiger partial charge in [-0.3, -0.25) is 9.36 Å². The molecule has 7 nitrogen and oxygen atoms in total. The van der Waals surface area contributed by atoms with E-state index < -0.39 is 5.76 Å². The molecule has 2 heterocycles. The van der Waals surface area contributed by atoms with Crippen molar-refractivity contribution in [3.05, 3.63) is 58.0 Å². The van der Waals surface area contributed by atoms with Crippen molar-refractivity contribution in [2.24, 2.45) is 0 Å². The van der Waals surface area contributed by atoms with E-state index in [0.717, 1.165) is 32.0 Å². The number of nitrogens with zero attached hydrogens (tertiary/aromatic N) is 2. The molecule has 140 valence electrons. The topological polar surface area (TPSA) is 76.7 Å². The zero-order valence-corrected chi connectivity index (χ0v) is 15.2. The second-order valence-corrected chi connectivity index (χ2v) is 6.70. The van der Waals surface area contributed by atoms with Crippen molar-refractivity contribution in [1.82, 2.24) is 4.57 Å². The van der Waals surface area contributed by atoms with Crippen LogP contribution in [0.25, 0.3) is 11.1 Å². The maximum Gasteiger partial charge on any atom is 0.420 e. The van der Waals surface area contributed by atoms with Gasteiger partial charge in [-0.1, -0.05) is 11.6 Å². The molecule has 1 aliphatic heterocycles. The highest BCUT2D eigenvalue weighted by atomic mass is 35.5. The van der Waals surface area contributed by atoms with Crippen LogP contribution in [0.3, 0.4) is 0 Å². The monoisotopic (exact) mass is 387 g/mol. The number of oxazole rings is 1. The Morgan fingerprint density at radius 3 is 2.59 bits per heavy atom. The van der Waals surface area contributed by atoms with Gasteiger partial charge in [0, 0.05) is 35.6 Å². The fourth-order valence-corrected chi connectivity index (χ4v) is 3.27. The Kier molecular flexibility index (Phi) is 4.87. The lowest BCUT2D eigenvalue weighted by Gasteiger charge is -2.28. The van der Waals surface area contributed by atoms with E-state index >= 15 is 0 Å². The van der Waals surface area contributed by atoms with Crippen LogP contribution >= 0.6 is 11.6 Å². The molecule has 1 amide bonds. The summed E-state index contributed by atoms with van der Waals surface area (Å²) in [5, 5.41) is 3.27. The third kappa shape index (κ3) is 3.84. The van der Waals surface area contributed by atoms with Gasteiger partial charge in [-0.2, -0.15) is 0 Å². The number of nitrogens with one attached hydrogen (secondary N) is 1. The van der Waals surface area contributed by atoms with Crippen molar-refractivity contribution >= 4 is 40.0 Å². The Labute approximate surface area is 160 Å². The molecule has 0 unspecified atom stereocenters. The number of carbonyl (C=O) groups excluding carboxylic acids is 1. The molecule has 1 fully saturated rings. The van der Waals surface area contributed by atoms with Gasteiger partial charge in [0.1, 0.15) is 6.54 Å². The number of carbonyl (C=O) groups is 1. The number of aromatic nitrogens is 1. The van der Waals surface area contributed by atoms with Gasteiger partial charge < -0.3 is 19.4 Å². The van der Waals surface area contributed by atoms with Gasteiger partial charge in [-0.15, -0.1) is 0 Å². The van der Waals surface area contributed by atoms with Gasteiger partial charge >= 0.3 is 5.76 Å². The Morgan fingerprint density at radius 2 is 1.85 bits per heavy atom. The summed E-state index contributed by atoms with van der Waals surface area (Å²) in [6, 6.07) is 12.5. The van der Waals surface area contributed by atoms with Gasteiger partial charge in [0.05, 0.1) is 18.7 Å². The quantitative estimate of drug-likeness (QED) is 0.744. The number of ether oxygens (including phenoxy) is 1. The molecule has 1 saturated heterocycles. The highest BCUT2D eigenvalue weighted by Crippen LogP contribution is 2.20. The van der Waals surface area contributed by atoms with Crippen molar-refractivity contribution in [3.8, 4) is 0 Å². The predicted octanol–water partition coefficient (Wildman–Crippen LogP) is 2.72. The summed E-state index contributed by atoms with van der Waals surface area (Å²) in [7, 11) is 0. The average molecular weight is 388 g/mol. The number of morpholine rings is 1. The second-order valence-electron chi connectivity index (χ2n) is 6.26. The van der Waals surface area contributed by atoms with E-state index in [1.807, 2.05) is 24.3 Å². The fraction of sp³-hybridized carbons (Fsp3) is 0.263. The van der Waals surface area contributed by atoms with Crippen LogP contribution < -0.4 is 16.0 Å². The minimum atomic E-state index is -0.593. The molecule has 0 radical (unpaired) electrons. The highest BCUT2D eigenvalue weighted by Gasteiger charge is 2.14. The third-order valence-corrected chi connectivity index (χ3v) is 4.69. The lowest BCUT2D eigenvalue weighted by Crippen LogP contribution is -2.36. The molecule has 2 aromatic carbocycles. The van der Waals surface area contributed by atoms with Crippen molar-refractivity contribution < 1.29 is 13.9 Å². The number of fused-ring (bicyclic) bond motifs is 1. The average Bonchev–Trinajstić information content (AvgIpc) is 2.97. The normalized spacial score (nSPS) is 14.5. The number of benzene rings is 2. The minimum absolute atomic E-state index is 0.140. The molecule has 1 aliphatic rings. The maximum absolute atomic E-state index is 12.4. The summed E-state index contributed by atoms with van der Waals surface area (Å²) in [5.74, 6) is -0.904. The molecular formula is C19H18ClN3O4. The molecule has 3 aromatic rings. The van der Waals surface area contributed by atoms with Gasteiger partial charge in [0.15, 0.2) is 5.58 Å². The predicted molar refractivity (Wildman–Crippen MR) is 104 cm³/mol. The van der Waals surface area contributed by atoms with Gasteiger partial charge in [-0.25, -0.2) is 4.79 Å². The smallest absolute Gasteiger partial charge is 0.408 e. The first-order chi connectivity index (χ1) is 13.1. The minimum Gasteiger partial charge on any atom is -0.408 e. The third-order valence-electron chi connectivity index (χ3n) is 4.46. The summed E-state index contributed by atoms with van der Waals surface area (Å²) in [6.45, 7) is 3.01. The summed E-state index contributed by atoms with van der Waals surface area (Å²) in [4.78, 5) is 26.6. The van der Waals surface area contributed by atoms with Crippen molar-refractivity contribution in [1.29, 1.82) is 0 Å². The van der Waals surface area contributed by atoms with E-state index in [1.165, 1.54) is 4.57 Å². The molecule has 1 aromatic heterocycles. The summed E-state index contributed by atoms with van der Waals surface area (Å²) in [5.41, 5.74) is 2.64. The Balaban J connectivity index is 1.45. The van der Waals surface area contributed by atoms with Crippen LogP contribution in [0.15, 0.2) is 51.7 Å². The molecular weight excluding hydrogens is 370 g/mol. The Hall–Kier alpha value is -2.77.